The van der Waals surface area contributed by atoms with Gasteiger partial charge in [0.15, 0.2) is 0 Å². The van der Waals surface area contributed by atoms with E-state index in [1.165, 1.54) is 18.4 Å². The summed E-state index contributed by atoms with van der Waals surface area (Å²) >= 11 is 0. The fourth-order valence-corrected chi connectivity index (χ4v) is 1.93. The molecule has 0 aliphatic heterocycles. The molecule has 0 saturated heterocycles. The lowest BCUT2D eigenvalue weighted by atomic mass is 9.82. The maximum Gasteiger partial charge on any atom is 0.303 e. The van der Waals surface area contributed by atoms with E-state index in [2.05, 4.69) is 6.08 Å². The number of allylic oxidation sites excluding steroid dienone is 2. The van der Waals surface area contributed by atoms with Gasteiger partial charge in [0.1, 0.15) is 0 Å². The van der Waals surface area contributed by atoms with Gasteiger partial charge in [-0.05, 0) is 32.1 Å². The molecule has 0 radical (unpaired) electrons. The fraction of sp³-hybridized carbons (Fsp3) is 0.700. The third-order valence-electron chi connectivity index (χ3n) is 2.58. The zero-order chi connectivity index (χ0) is 8.97. The van der Waals surface area contributed by atoms with E-state index in [1.54, 1.807) is 0 Å². The third kappa shape index (κ3) is 2.36. The predicted molar refractivity (Wildman–Crippen MR) is 48.0 cm³/mol. The van der Waals surface area contributed by atoms with Crippen molar-refractivity contribution in [3.05, 3.63) is 11.6 Å². The van der Waals surface area contributed by atoms with Crippen LogP contribution in [-0.2, 0) is 4.79 Å². The van der Waals surface area contributed by atoms with Crippen molar-refractivity contribution in [2.24, 2.45) is 5.92 Å². The molecule has 1 rings (SSSR count). The van der Waals surface area contributed by atoms with Crippen LogP contribution in [0.25, 0.3) is 0 Å². The molecule has 2 nitrogen and oxygen atoms in total. The van der Waals surface area contributed by atoms with Crippen LogP contribution in [0.4, 0.5) is 0 Å². The second-order valence-corrected chi connectivity index (χ2v) is 3.40. The van der Waals surface area contributed by atoms with Crippen LogP contribution >= 0.6 is 0 Å². The van der Waals surface area contributed by atoms with Crippen molar-refractivity contribution < 1.29 is 9.90 Å². The average Bonchev–Trinajstić information content (AvgIpc) is 2.04. The highest BCUT2D eigenvalue weighted by Crippen LogP contribution is 2.31. The lowest BCUT2D eigenvalue weighted by Crippen LogP contribution is -2.14. The van der Waals surface area contributed by atoms with Crippen molar-refractivity contribution in [1.82, 2.24) is 0 Å². The Morgan fingerprint density at radius 1 is 1.67 bits per heavy atom. The highest BCUT2D eigenvalue weighted by atomic mass is 16.4. The van der Waals surface area contributed by atoms with E-state index in [0.29, 0.717) is 12.3 Å². The molecule has 1 N–H and O–H groups in total. The van der Waals surface area contributed by atoms with Crippen molar-refractivity contribution in [2.75, 3.05) is 0 Å². The number of aliphatic carboxylic acids is 1. The Morgan fingerprint density at radius 3 is 3.00 bits per heavy atom. The molecule has 0 amide bonds. The standard InChI is InChI=1S/C10H16O2/c1-2-8-5-3-4-6-9(8)7-10(11)12/h2,9H,3-7H2,1H3,(H,11,12)/b8-2+. The second kappa shape index (κ2) is 4.29. The zero-order valence-electron chi connectivity index (χ0n) is 7.55. The van der Waals surface area contributed by atoms with Gasteiger partial charge >= 0.3 is 5.97 Å². The molecule has 0 bridgehead atoms. The molecule has 0 aromatic heterocycles. The number of hydrogen-bond acceptors (Lipinski definition) is 1. The van der Waals surface area contributed by atoms with E-state index in [1.807, 2.05) is 6.92 Å². The van der Waals surface area contributed by atoms with Crippen LogP contribution in [0.1, 0.15) is 39.0 Å². The monoisotopic (exact) mass is 168 g/mol. The van der Waals surface area contributed by atoms with Crippen molar-refractivity contribution in [1.29, 1.82) is 0 Å². The van der Waals surface area contributed by atoms with Gasteiger partial charge in [-0.2, -0.15) is 0 Å². The minimum absolute atomic E-state index is 0.319. The topological polar surface area (TPSA) is 37.3 Å². The fourth-order valence-electron chi connectivity index (χ4n) is 1.93. The van der Waals surface area contributed by atoms with Crippen molar-refractivity contribution in [2.45, 2.75) is 39.0 Å². The van der Waals surface area contributed by atoms with E-state index < -0.39 is 5.97 Å². The average molecular weight is 168 g/mol. The van der Waals surface area contributed by atoms with Crippen LogP contribution in [0.5, 0.6) is 0 Å². The van der Waals surface area contributed by atoms with Gasteiger partial charge in [-0.25, -0.2) is 0 Å². The van der Waals surface area contributed by atoms with Crippen molar-refractivity contribution in [3.63, 3.8) is 0 Å². The number of carboxylic acid groups (broad SMARTS) is 1. The molecule has 1 fully saturated rings. The zero-order valence-corrected chi connectivity index (χ0v) is 7.55. The third-order valence-corrected chi connectivity index (χ3v) is 2.58. The summed E-state index contributed by atoms with van der Waals surface area (Å²) in [4.78, 5) is 10.5. The van der Waals surface area contributed by atoms with Gasteiger partial charge in [0.2, 0.25) is 0 Å². The van der Waals surface area contributed by atoms with Crippen LogP contribution in [-0.4, -0.2) is 11.1 Å². The van der Waals surface area contributed by atoms with E-state index in [0.717, 1.165) is 12.8 Å². The molecule has 1 saturated carbocycles. The Morgan fingerprint density at radius 2 is 2.42 bits per heavy atom. The highest BCUT2D eigenvalue weighted by molar-refractivity contribution is 5.67. The van der Waals surface area contributed by atoms with Gasteiger partial charge in [-0.15, -0.1) is 0 Å². The van der Waals surface area contributed by atoms with Gasteiger partial charge in [-0.3, -0.25) is 4.79 Å². The predicted octanol–water partition coefficient (Wildman–Crippen LogP) is 2.60. The van der Waals surface area contributed by atoms with Gasteiger partial charge < -0.3 is 5.11 Å². The van der Waals surface area contributed by atoms with Crippen molar-refractivity contribution in [3.8, 4) is 0 Å². The summed E-state index contributed by atoms with van der Waals surface area (Å²) in [6.45, 7) is 2.01. The van der Waals surface area contributed by atoms with Crippen molar-refractivity contribution >= 4 is 5.97 Å². The molecule has 0 heterocycles. The van der Waals surface area contributed by atoms with Gasteiger partial charge in [0.25, 0.3) is 0 Å². The summed E-state index contributed by atoms with van der Waals surface area (Å²) in [5.41, 5.74) is 1.35. The molecule has 1 aliphatic carbocycles. The van der Waals surface area contributed by atoms with Gasteiger partial charge in [0, 0.05) is 0 Å². The molecular weight excluding hydrogens is 152 g/mol. The van der Waals surface area contributed by atoms with Crippen LogP contribution in [0, 0.1) is 5.92 Å². The Bertz CT molecular complexity index is 194. The molecular formula is C10H16O2. The second-order valence-electron chi connectivity index (χ2n) is 3.40. The Kier molecular flexibility index (Phi) is 3.32. The lowest BCUT2D eigenvalue weighted by molar-refractivity contribution is -0.137. The Labute approximate surface area is 73.3 Å². The molecule has 1 unspecified atom stereocenters. The molecule has 0 aromatic carbocycles. The first-order valence-corrected chi connectivity index (χ1v) is 4.61. The first kappa shape index (κ1) is 9.30. The normalized spacial score (nSPS) is 27.4. The summed E-state index contributed by atoms with van der Waals surface area (Å²) < 4.78 is 0. The van der Waals surface area contributed by atoms with Crippen LogP contribution in [0.15, 0.2) is 11.6 Å². The van der Waals surface area contributed by atoms with Gasteiger partial charge in [0.05, 0.1) is 6.42 Å². The molecule has 68 valence electrons. The molecule has 1 aliphatic rings. The van der Waals surface area contributed by atoms with E-state index in [9.17, 15) is 4.79 Å². The number of hydrogen-bond donors (Lipinski definition) is 1. The summed E-state index contributed by atoms with van der Waals surface area (Å²) in [6, 6.07) is 0. The SMILES string of the molecule is C/C=C1\CCCCC1CC(=O)O. The highest BCUT2D eigenvalue weighted by Gasteiger charge is 2.20. The van der Waals surface area contributed by atoms with E-state index in [-0.39, 0.29) is 0 Å². The number of rotatable bonds is 2. The van der Waals surface area contributed by atoms with E-state index >= 15 is 0 Å². The molecule has 0 spiro atoms. The summed E-state index contributed by atoms with van der Waals surface area (Å²) in [5.74, 6) is -0.345. The summed E-state index contributed by atoms with van der Waals surface area (Å²) in [6.07, 6.45) is 7.00. The summed E-state index contributed by atoms with van der Waals surface area (Å²) in [5, 5.41) is 8.65. The maximum absolute atomic E-state index is 10.5. The largest absolute Gasteiger partial charge is 0.481 e. The molecule has 12 heavy (non-hydrogen) atoms. The van der Waals surface area contributed by atoms with Gasteiger partial charge in [-0.1, -0.05) is 18.1 Å². The minimum Gasteiger partial charge on any atom is -0.481 e. The smallest absolute Gasteiger partial charge is 0.303 e. The first-order valence-electron chi connectivity index (χ1n) is 4.61. The Hall–Kier alpha value is -0.790. The minimum atomic E-state index is -0.666. The maximum atomic E-state index is 10.5. The quantitative estimate of drug-likeness (QED) is 0.643. The van der Waals surface area contributed by atoms with E-state index in [4.69, 9.17) is 5.11 Å². The summed E-state index contributed by atoms with van der Waals surface area (Å²) in [7, 11) is 0. The van der Waals surface area contributed by atoms with Crippen LogP contribution < -0.4 is 0 Å². The number of carboxylic acids is 1. The van der Waals surface area contributed by atoms with Crippen LogP contribution in [0.3, 0.4) is 0 Å². The Balaban J connectivity index is 2.53. The molecule has 0 aromatic rings. The first-order chi connectivity index (χ1) is 5.74. The molecule has 2 heteroatoms. The molecule has 1 atom stereocenters. The lowest BCUT2D eigenvalue weighted by Gasteiger charge is -2.23. The van der Waals surface area contributed by atoms with Crippen LogP contribution in [0.2, 0.25) is 0 Å². The number of carbonyl (C=O) groups is 1.